The van der Waals surface area contributed by atoms with Crippen molar-refractivity contribution in [2.45, 2.75) is 26.2 Å². The van der Waals surface area contributed by atoms with Gasteiger partial charge in [-0.1, -0.05) is 36.5 Å². The quantitative estimate of drug-likeness (QED) is 0.168. The second-order valence-electron chi connectivity index (χ2n) is 8.88. The van der Waals surface area contributed by atoms with E-state index < -0.39 is 6.03 Å². The molecule has 220 valence electrons. The number of nitrogens with zero attached hydrogens (tertiary/aromatic N) is 4. The number of ether oxygens (including phenoxy) is 3. The van der Waals surface area contributed by atoms with Gasteiger partial charge in [-0.15, -0.1) is 0 Å². The van der Waals surface area contributed by atoms with Gasteiger partial charge >= 0.3 is 6.03 Å². The zero-order valence-corrected chi connectivity index (χ0v) is 24.6. The van der Waals surface area contributed by atoms with Crippen molar-refractivity contribution in [3.63, 3.8) is 0 Å². The molecular weight excluding hydrogens is 585 g/mol. The van der Waals surface area contributed by atoms with Gasteiger partial charge in [-0.25, -0.2) is 19.4 Å². The number of amides is 3. The van der Waals surface area contributed by atoms with Crippen LogP contribution in [0.2, 0.25) is 10.0 Å². The highest BCUT2D eigenvalue weighted by Crippen LogP contribution is 2.39. The summed E-state index contributed by atoms with van der Waals surface area (Å²) in [7, 11) is 3.00. The summed E-state index contributed by atoms with van der Waals surface area (Å²) < 4.78 is 17.4. The molecular formula is C28H29Cl2N7O5. The predicted molar refractivity (Wildman–Crippen MR) is 160 cm³/mol. The highest BCUT2D eigenvalue weighted by molar-refractivity contribution is 6.45. The van der Waals surface area contributed by atoms with Crippen LogP contribution in [-0.2, 0) is 16.0 Å². The molecule has 2 aromatic heterocycles. The van der Waals surface area contributed by atoms with Crippen LogP contribution in [0.5, 0.6) is 17.4 Å². The molecule has 0 bridgehead atoms. The van der Waals surface area contributed by atoms with E-state index in [9.17, 15) is 9.59 Å². The van der Waals surface area contributed by atoms with E-state index in [1.807, 2.05) is 30.3 Å². The number of nitrogens with one attached hydrogen (secondary N) is 3. The highest BCUT2D eigenvalue weighted by atomic mass is 35.5. The molecule has 42 heavy (non-hydrogen) atoms. The van der Waals surface area contributed by atoms with E-state index in [4.69, 9.17) is 37.4 Å². The summed E-state index contributed by atoms with van der Waals surface area (Å²) in [6, 6.07) is 13.1. The number of hydrogen-bond donors (Lipinski definition) is 3. The van der Waals surface area contributed by atoms with Gasteiger partial charge in [-0.05, 0) is 49.2 Å². The number of benzene rings is 2. The van der Waals surface area contributed by atoms with Gasteiger partial charge in [0.25, 0.3) is 5.91 Å². The molecule has 4 aromatic rings. The summed E-state index contributed by atoms with van der Waals surface area (Å²) in [4.78, 5) is 32.8. The first-order chi connectivity index (χ1) is 20.3. The number of halogens is 2. The molecule has 0 aliphatic rings. The van der Waals surface area contributed by atoms with Crippen LogP contribution >= 0.6 is 23.2 Å². The van der Waals surface area contributed by atoms with E-state index in [1.165, 1.54) is 25.6 Å². The topological polar surface area (TPSA) is 142 Å². The number of anilines is 3. The lowest BCUT2D eigenvalue weighted by Crippen LogP contribution is -2.21. The molecule has 0 aliphatic heterocycles. The van der Waals surface area contributed by atoms with Crippen LogP contribution in [0.25, 0.3) is 5.69 Å². The minimum Gasteiger partial charge on any atom is -0.497 e. The molecule has 3 N–H and O–H groups in total. The number of urea groups is 1. The summed E-state index contributed by atoms with van der Waals surface area (Å²) >= 11 is 12.9. The normalized spacial score (nSPS) is 10.7. The van der Waals surface area contributed by atoms with Crippen LogP contribution in [0.15, 0.2) is 54.9 Å². The maximum atomic E-state index is 13.0. The number of hydrogen-bond acceptors (Lipinski definition) is 8. The Kier molecular flexibility index (Phi) is 10.5. The summed E-state index contributed by atoms with van der Waals surface area (Å²) in [6.07, 6.45) is 3.97. The van der Waals surface area contributed by atoms with Crippen molar-refractivity contribution < 1.29 is 23.8 Å². The Morgan fingerprint density at radius 3 is 2.45 bits per heavy atom. The molecule has 0 radical (unpaired) electrons. The minimum absolute atomic E-state index is 0.0446. The second-order valence-corrected chi connectivity index (χ2v) is 9.63. The monoisotopic (exact) mass is 613 g/mol. The van der Waals surface area contributed by atoms with Gasteiger partial charge in [-0.2, -0.15) is 5.10 Å². The molecule has 0 unspecified atom stereocenters. The third-order valence-electron chi connectivity index (χ3n) is 5.80. The Morgan fingerprint density at radius 2 is 1.74 bits per heavy atom. The summed E-state index contributed by atoms with van der Waals surface area (Å²) in [6.45, 7) is 1.97. The average Bonchev–Trinajstić information content (AvgIpc) is 3.38. The van der Waals surface area contributed by atoms with E-state index in [1.54, 1.807) is 17.9 Å². The molecule has 12 nitrogen and oxygen atoms in total. The average molecular weight is 614 g/mol. The lowest BCUT2D eigenvalue weighted by atomic mass is 10.2. The fourth-order valence-electron chi connectivity index (χ4n) is 3.78. The fourth-order valence-corrected chi connectivity index (χ4v) is 4.19. The maximum Gasteiger partial charge on any atom is 0.324 e. The van der Waals surface area contributed by atoms with E-state index in [2.05, 4.69) is 37.9 Å². The number of unbranched alkanes of at least 4 members (excludes halogenated alkanes) is 1. The van der Waals surface area contributed by atoms with Crippen molar-refractivity contribution in [3.05, 3.63) is 70.6 Å². The number of rotatable bonds is 12. The SMILES string of the molecule is CCCCc1cc(NC(=O)Nc2ccc(Oc3cc(NC(=O)COC)ncn3)c(Cl)c2Cl)n(-c2ccc(OC)cc2)n1. The largest absolute Gasteiger partial charge is 0.497 e. The van der Waals surface area contributed by atoms with E-state index in [-0.39, 0.29) is 45.7 Å². The zero-order valence-electron chi connectivity index (χ0n) is 23.1. The minimum atomic E-state index is -0.550. The molecule has 2 aromatic carbocycles. The summed E-state index contributed by atoms with van der Waals surface area (Å²) in [5.41, 5.74) is 1.85. The standard InChI is InChI=1S/C28H29Cl2N7O5/c1-4-5-6-17-13-23(37(36-17)18-7-9-19(41-3)10-8-18)35-28(39)33-20-11-12-21(27(30)26(20)29)42-25-14-22(31-16-32-25)34-24(38)15-40-2/h7-14,16H,4-6,15H2,1-3H3,(H2,33,35,39)(H,31,32,34,38). The lowest BCUT2D eigenvalue weighted by molar-refractivity contribution is -0.119. The van der Waals surface area contributed by atoms with Crippen LogP contribution in [0.3, 0.4) is 0 Å². The number of methoxy groups -OCH3 is 2. The van der Waals surface area contributed by atoms with Crippen molar-refractivity contribution in [3.8, 4) is 23.1 Å². The molecule has 0 aliphatic carbocycles. The first-order valence-corrected chi connectivity index (χ1v) is 13.6. The van der Waals surface area contributed by atoms with Gasteiger partial charge in [0.05, 0.1) is 29.2 Å². The third kappa shape index (κ3) is 7.87. The van der Waals surface area contributed by atoms with Crippen molar-refractivity contribution >= 4 is 52.5 Å². The molecule has 14 heteroatoms. The number of carbonyl (C=O) groups is 2. The van der Waals surface area contributed by atoms with Crippen LogP contribution in [0.1, 0.15) is 25.5 Å². The van der Waals surface area contributed by atoms with Crippen LogP contribution < -0.4 is 25.4 Å². The van der Waals surface area contributed by atoms with E-state index in [0.29, 0.717) is 11.6 Å². The Balaban J connectivity index is 1.48. The number of aryl methyl sites for hydroxylation is 1. The molecule has 2 heterocycles. The molecule has 0 fully saturated rings. The van der Waals surface area contributed by atoms with Crippen molar-refractivity contribution in [1.29, 1.82) is 0 Å². The fraction of sp³-hybridized carbons (Fsp3) is 0.250. The van der Waals surface area contributed by atoms with E-state index >= 15 is 0 Å². The molecule has 0 saturated carbocycles. The smallest absolute Gasteiger partial charge is 0.324 e. The summed E-state index contributed by atoms with van der Waals surface area (Å²) in [5, 5.41) is 12.9. The second kappa shape index (κ2) is 14.5. The zero-order chi connectivity index (χ0) is 30.1. The number of aromatic nitrogens is 4. The molecule has 0 atom stereocenters. The highest BCUT2D eigenvalue weighted by Gasteiger charge is 2.17. The third-order valence-corrected chi connectivity index (χ3v) is 6.66. The first-order valence-electron chi connectivity index (χ1n) is 12.9. The predicted octanol–water partition coefficient (Wildman–Crippen LogP) is 6.34. The van der Waals surface area contributed by atoms with E-state index in [0.717, 1.165) is 30.6 Å². The molecule has 3 amide bonds. The van der Waals surface area contributed by atoms with Gasteiger partial charge in [0.15, 0.2) is 0 Å². The van der Waals surface area contributed by atoms with Crippen molar-refractivity contribution in [2.24, 2.45) is 0 Å². The van der Waals surface area contributed by atoms with Gasteiger partial charge < -0.3 is 24.8 Å². The van der Waals surface area contributed by atoms with Gasteiger partial charge in [0, 0.05) is 19.2 Å². The first kappa shape index (κ1) is 30.6. The van der Waals surface area contributed by atoms with Gasteiger partial charge in [0.1, 0.15) is 41.1 Å². The van der Waals surface area contributed by atoms with Gasteiger partial charge in [-0.3, -0.25) is 10.1 Å². The van der Waals surface area contributed by atoms with Crippen molar-refractivity contribution in [1.82, 2.24) is 19.7 Å². The van der Waals surface area contributed by atoms with Crippen LogP contribution in [0, 0.1) is 0 Å². The molecule has 0 saturated heterocycles. The van der Waals surface area contributed by atoms with Crippen LogP contribution in [-0.4, -0.2) is 52.5 Å². The Bertz CT molecular complexity index is 1550. The Labute approximate surface area is 252 Å². The Hall–Kier alpha value is -4.39. The lowest BCUT2D eigenvalue weighted by Gasteiger charge is -2.14. The van der Waals surface area contributed by atoms with Gasteiger partial charge in [0.2, 0.25) is 5.88 Å². The maximum absolute atomic E-state index is 13.0. The molecule has 4 rings (SSSR count). The Morgan fingerprint density at radius 1 is 0.952 bits per heavy atom. The summed E-state index contributed by atoms with van der Waals surface area (Å²) in [5.74, 6) is 1.30. The number of carbonyl (C=O) groups excluding carboxylic acids is 2. The van der Waals surface area contributed by atoms with Crippen LogP contribution in [0.4, 0.5) is 22.1 Å². The van der Waals surface area contributed by atoms with Crippen molar-refractivity contribution in [2.75, 3.05) is 36.8 Å². The molecule has 0 spiro atoms.